The van der Waals surface area contributed by atoms with E-state index in [9.17, 15) is 9.59 Å². The highest BCUT2D eigenvalue weighted by molar-refractivity contribution is 7.98. The molecule has 0 aliphatic carbocycles. The molecule has 1 aliphatic heterocycles. The number of carboxylic acids is 1. The summed E-state index contributed by atoms with van der Waals surface area (Å²) < 4.78 is 5.07. The number of carbonyl (C=O) groups excluding carboxylic acids is 1. The lowest BCUT2D eigenvalue weighted by Gasteiger charge is -2.34. The molecule has 6 nitrogen and oxygen atoms in total. The van der Waals surface area contributed by atoms with Crippen LogP contribution in [0.15, 0.2) is 0 Å². The van der Waals surface area contributed by atoms with Crippen LogP contribution in [0.5, 0.6) is 0 Å². The number of nitrogens with two attached hydrogens (primary N) is 1. The molecule has 7 heteroatoms. The van der Waals surface area contributed by atoms with Gasteiger partial charge >= 0.3 is 5.97 Å². The fraction of sp³-hybridized carbons (Fsp3) is 0.800. The van der Waals surface area contributed by atoms with E-state index >= 15 is 0 Å². The summed E-state index contributed by atoms with van der Waals surface area (Å²) in [6, 6.07) is -1.53. The number of rotatable bonds is 5. The summed E-state index contributed by atoms with van der Waals surface area (Å²) in [5.74, 6) is -0.556. The predicted octanol–water partition coefficient (Wildman–Crippen LogP) is -0.621. The largest absolute Gasteiger partial charge is 0.480 e. The van der Waals surface area contributed by atoms with E-state index in [1.165, 1.54) is 4.90 Å². The van der Waals surface area contributed by atoms with Crippen LogP contribution in [0.3, 0.4) is 0 Å². The van der Waals surface area contributed by atoms with Crippen LogP contribution >= 0.6 is 11.8 Å². The second kappa shape index (κ2) is 6.83. The standard InChI is InChI=1S/C10H18N2O4S/c1-17-5-2-7(11)9(13)12-3-4-16-6-8(12)10(14)15/h7-8H,2-6,11H2,1H3,(H,14,15)/t7-,8?/m1/s1. The van der Waals surface area contributed by atoms with Crippen molar-refractivity contribution in [1.29, 1.82) is 0 Å². The Balaban J connectivity index is 2.61. The molecule has 1 saturated heterocycles. The summed E-state index contributed by atoms with van der Waals surface area (Å²) in [5, 5.41) is 9.00. The van der Waals surface area contributed by atoms with Crippen molar-refractivity contribution in [3.8, 4) is 0 Å². The first-order valence-corrected chi connectivity index (χ1v) is 6.83. The number of carboxylic acid groups (broad SMARTS) is 1. The van der Waals surface area contributed by atoms with E-state index in [-0.39, 0.29) is 12.5 Å². The molecular weight excluding hydrogens is 244 g/mol. The van der Waals surface area contributed by atoms with Gasteiger partial charge in [0.2, 0.25) is 5.91 Å². The molecule has 1 unspecified atom stereocenters. The minimum atomic E-state index is -1.05. The van der Waals surface area contributed by atoms with Crippen molar-refractivity contribution in [3.05, 3.63) is 0 Å². The fourth-order valence-electron chi connectivity index (χ4n) is 1.65. The average Bonchev–Trinajstić information content (AvgIpc) is 2.34. The molecule has 2 atom stereocenters. The highest BCUT2D eigenvalue weighted by Gasteiger charge is 2.34. The van der Waals surface area contributed by atoms with E-state index < -0.39 is 18.1 Å². The predicted molar refractivity (Wildman–Crippen MR) is 64.9 cm³/mol. The summed E-state index contributed by atoms with van der Waals surface area (Å²) >= 11 is 1.61. The number of morpholine rings is 1. The Labute approximate surface area is 104 Å². The third-order valence-electron chi connectivity index (χ3n) is 2.65. The number of carbonyl (C=O) groups is 2. The Morgan fingerprint density at radius 1 is 1.65 bits per heavy atom. The number of thioether (sulfide) groups is 1. The van der Waals surface area contributed by atoms with Crippen molar-refractivity contribution >= 4 is 23.6 Å². The van der Waals surface area contributed by atoms with Crippen LogP contribution in [0, 0.1) is 0 Å². The van der Waals surface area contributed by atoms with Crippen LogP contribution in [-0.4, -0.2) is 65.7 Å². The molecule has 1 aliphatic rings. The van der Waals surface area contributed by atoms with Crippen molar-refractivity contribution < 1.29 is 19.4 Å². The number of ether oxygens (including phenoxy) is 1. The molecule has 3 N–H and O–H groups in total. The SMILES string of the molecule is CSCC[C@@H](N)C(=O)N1CCOCC1C(=O)O. The van der Waals surface area contributed by atoms with Gasteiger partial charge in [0.15, 0.2) is 6.04 Å². The van der Waals surface area contributed by atoms with E-state index in [1.807, 2.05) is 6.26 Å². The van der Waals surface area contributed by atoms with Gasteiger partial charge in [-0.05, 0) is 18.4 Å². The molecule has 1 rings (SSSR count). The third kappa shape index (κ3) is 3.86. The van der Waals surface area contributed by atoms with Crippen LogP contribution in [0.25, 0.3) is 0 Å². The van der Waals surface area contributed by atoms with Crippen molar-refractivity contribution in [2.75, 3.05) is 31.8 Å². The van der Waals surface area contributed by atoms with Gasteiger partial charge in [0.25, 0.3) is 0 Å². The maximum Gasteiger partial charge on any atom is 0.328 e. The molecule has 0 radical (unpaired) electrons. The summed E-state index contributed by atoms with van der Waals surface area (Å²) in [6.45, 7) is 0.698. The Hall–Kier alpha value is -0.790. The van der Waals surface area contributed by atoms with Gasteiger partial charge in [-0.1, -0.05) is 0 Å². The van der Waals surface area contributed by atoms with Crippen molar-refractivity contribution in [2.24, 2.45) is 5.73 Å². The van der Waals surface area contributed by atoms with E-state index in [0.29, 0.717) is 19.6 Å². The lowest BCUT2D eigenvalue weighted by atomic mass is 10.1. The maximum absolute atomic E-state index is 12.0. The van der Waals surface area contributed by atoms with E-state index in [0.717, 1.165) is 5.75 Å². The second-order valence-electron chi connectivity index (χ2n) is 3.85. The first-order chi connectivity index (χ1) is 8.07. The van der Waals surface area contributed by atoms with Crippen molar-refractivity contribution in [1.82, 2.24) is 4.90 Å². The molecule has 1 fully saturated rings. The molecular formula is C10H18N2O4S. The molecule has 0 saturated carbocycles. The fourth-order valence-corrected chi connectivity index (χ4v) is 2.14. The molecule has 0 bridgehead atoms. The van der Waals surface area contributed by atoms with Gasteiger partial charge in [0.05, 0.1) is 19.3 Å². The van der Waals surface area contributed by atoms with Gasteiger partial charge in [-0.2, -0.15) is 11.8 Å². The molecule has 0 spiro atoms. The summed E-state index contributed by atoms with van der Waals surface area (Å²) in [6.07, 6.45) is 2.50. The van der Waals surface area contributed by atoms with E-state index in [2.05, 4.69) is 0 Å². The number of aliphatic carboxylic acids is 1. The van der Waals surface area contributed by atoms with Crippen molar-refractivity contribution in [3.63, 3.8) is 0 Å². The lowest BCUT2D eigenvalue weighted by molar-refractivity contribution is -0.158. The van der Waals surface area contributed by atoms with Gasteiger partial charge in [0.1, 0.15) is 0 Å². The number of amides is 1. The Bertz CT molecular complexity index is 287. The molecule has 0 aromatic carbocycles. The number of hydrogen-bond donors (Lipinski definition) is 2. The number of nitrogens with zero attached hydrogens (tertiary/aromatic N) is 1. The summed E-state index contributed by atoms with van der Waals surface area (Å²) in [5.41, 5.74) is 5.76. The zero-order valence-corrected chi connectivity index (χ0v) is 10.6. The van der Waals surface area contributed by atoms with Gasteiger partial charge in [0, 0.05) is 6.54 Å². The highest BCUT2D eigenvalue weighted by atomic mass is 32.2. The lowest BCUT2D eigenvalue weighted by Crippen LogP contribution is -2.56. The first kappa shape index (κ1) is 14.3. The molecule has 0 aromatic rings. The molecule has 1 heterocycles. The molecule has 17 heavy (non-hydrogen) atoms. The number of hydrogen-bond acceptors (Lipinski definition) is 5. The minimum absolute atomic E-state index is 0.0380. The van der Waals surface area contributed by atoms with Gasteiger partial charge in [-0.15, -0.1) is 0 Å². The van der Waals surface area contributed by atoms with Crippen LogP contribution < -0.4 is 5.73 Å². The average molecular weight is 262 g/mol. The molecule has 98 valence electrons. The van der Waals surface area contributed by atoms with Gasteiger partial charge in [-0.3, -0.25) is 4.79 Å². The van der Waals surface area contributed by atoms with Gasteiger partial charge in [-0.25, -0.2) is 4.79 Å². The second-order valence-corrected chi connectivity index (χ2v) is 4.83. The smallest absolute Gasteiger partial charge is 0.328 e. The molecule has 1 amide bonds. The normalized spacial score (nSPS) is 22.2. The minimum Gasteiger partial charge on any atom is -0.480 e. The van der Waals surface area contributed by atoms with Crippen LogP contribution in [0.2, 0.25) is 0 Å². The zero-order chi connectivity index (χ0) is 12.8. The summed E-state index contributed by atoms with van der Waals surface area (Å²) in [4.78, 5) is 24.3. The quantitative estimate of drug-likeness (QED) is 0.686. The van der Waals surface area contributed by atoms with E-state index in [1.54, 1.807) is 11.8 Å². The first-order valence-electron chi connectivity index (χ1n) is 5.43. The monoisotopic (exact) mass is 262 g/mol. The van der Waals surface area contributed by atoms with E-state index in [4.69, 9.17) is 15.6 Å². The van der Waals surface area contributed by atoms with Crippen LogP contribution in [-0.2, 0) is 14.3 Å². The molecule has 0 aromatic heterocycles. The third-order valence-corrected chi connectivity index (χ3v) is 3.29. The van der Waals surface area contributed by atoms with Crippen LogP contribution in [0.4, 0.5) is 0 Å². The Morgan fingerprint density at radius 3 is 2.94 bits per heavy atom. The zero-order valence-electron chi connectivity index (χ0n) is 9.80. The van der Waals surface area contributed by atoms with Crippen molar-refractivity contribution in [2.45, 2.75) is 18.5 Å². The Morgan fingerprint density at radius 2 is 2.35 bits per heavy atom. The topological polar surface area (TPSA) is 92.9 Å². The Kier molecular flexibility index (Phi) is 5.73. The highest BCUT2D eigenvalue weighted by Crippen LogP contribution is 2.11. The maximum atomic E-state index is 12.0. The summed E-state index contributed by atoms with van der Waals surface area (Å²) in [7, 11) is 0. The van der Waals surface area contributed by atoms with Gasteiger partial charge < -0.3 is 20.5 Å². The van der Waals surface area contributed by atoms with Crippen LogP contribution in [0.1, 0.15) is 6.42 Å².